The number of carbonyl (C=O) groups is 1. The Morgan fingerprint density at radius 3 is 2.61 bits per heavy atom. The van der Waals surface area contributed by atoms with Crippen molar-refractivity contribution < 1.29 is 18.0 Å². The second kappa shape index (κ2) is 10.1. The summed E-state index contributed by atoms with van der Waals surface area (Å²) in [6.45, 7) is 3.56. The predicted molar refractivity (Wildman–Crippen MR) is 141 cm³/mol. The van der Waals surface area contributed by atoms with Crippen LogP contribution in [0.4, 0.5) is 29.7 Å². The van der Waals surface area contributed by atoms with Gasteiger partial charge in [-0.3, -0.25) is 9.78 Å². The smallest absolute Gasteiger partial charge is 0.331 e. The van der Waals surface area contributed by atoms with Gasteiger partial charge in [0.1, 0.15) is 5.82 Å². The summed E-state index contributed by atoms with van der Waals surface area (Å²) >= 11 is 1.41. The van der Waals surface area contributed by atoms with E-state index >= 15 is 0 Å². The summed E-state index contributed by atoms with van der Waals surface area (Å²) in [5, 5.41) is 8.37. The van der Waals surface area contributed by atoms with E-state index in [1.54, 1.807) is 43.7 Å². The molecular weight excluding hydrogens is 513 g/mol. The summed E-state index contributed by atoms with van der Waals surface area (Å²) in [6, 6.07) is 12.2. The third-order valence-electron chi connectivity index (χ3n) is 5.81. The zero-order valence-electron chi connectivity index (χ0n) is 20.2. The SMILES string of the molecule is Cc1ccc(C(=O)Nc2cc(-n3ccnc3C)cc(C(F)(F)F)c2)cc1Nc1nc(-c2cccnc2)cs1. The number of halogens is 3. The van der Waals surface area contributed by atoms with Gasteiger partial charge in [0, 0.05) is 58.4 Å². The van der Waals surface area contributed by atoms with E-state index in [1.807, 2.05) is 24.4 Å². The van der Waals surface area contributed by atoms with Crippen LogP contribution >= 0.6 is 11.3 Å². The van der Waals surface area contributed by atoms with Crippen molar-refractivity contribution in [2.75, 3.05) is 10.6 Å². The van der Waals surface area contributed by atoms with E-state index in [2.05, 4.69) is 25.6 Å². The number of carbonyl (C=O) groups excluding carboxylic acids is 1. The third-order valence-corrected chi connectivity index (χ3v) is 6.57. The highest BCUT2D eigenvalue weighted by molar-refractivity contribution is 7.14. The van der Waals surface area contributed by atoms with Gasteiger partial charge in [-0.1, -0.05) is 6.07 Å². The number of pyridine rings is 1. The average Bonchev–Trinajstić information content (AvgIpc) is 3.54. The van der Waals surface area contributed by atoms with Crippen LogP contribution in [0, 0.1) is 13.8 Å². The summed E-state index contributed by atoms with van der Waals surface area (Å²) < 4.78 is 42.4. The number of aromatic nitrogens is 4. The van der Waals surface area contributed by atoms with Crippen LogP contribution in [0.15, 0.2) is 78.7 Å². The van der Waals surface area contributed by atoms with Gasteiger partial charge in [-0.2, -0.15) is 13.2 Å². The fourth-order valence-corrected chi connectivity index (χ4v) is 4.56. The number of nitrogens with zero attached hydrogens (tertiary/aromatic N) is 4. The molecule has 2 aromatic carbocycles. The lowest BCUT2D eigenvalue weighted by atomic mass is 10.1. The first-order valence-electron chi connectivity index (χ1n) is 11.4. The van der Waals surface area contributed by atoms with Crippen molar-refractivity contribution in [2.45, 2.75) is 20.0 Å². The number of imidazole rings is 1. The molecule has 0 aliphatic carbocycles. The molecule has 0 aliphatic heterocycles. The van der Waals surface area contributed by atoms with Crippen LogP contribution in [0.3, 0.4) is 0 Å². The van der Waals surface area contributed by atoms with Gasteiger partial charge in [0.2, 0.25) is 0 Å². The van der Waals surface area contributed by atoms with Crippen LogP contribution in [0.25, 0.3) is 16.9 Å². The molecule has 7 nitrogen and oxygen atoms in total. The van der Waals surface area contributed by atoms with Crippen LogP contribution in [-0.2, 0) is 6.18 Å². The number of nitrogens with one attached hydrogen (secondary N) is 2. The number of thiazole rings is 1. The van der Waals surface area contributed by atoms with Crippen LogP contribution < -0.4 is 10.6 Å². The Kier molecular flexibility index (Phi) is 6.68. The standard InChI is InChI=1S/C27H21F3N6OS/c1-16-5-6-18(10-23(16)34-26-35-24(15-38-26)19-4-3-7-31-14-19)25(37)33-21-11-20(27(28,29)30)12-22(13-21)36-9-8-32-17(36)2/h3-15H,1-2H3,(H,33,37)(H,34,35). The van der Waals surface area contributed by atoms with E-state index in [0.717, 1.165) is 29.0 Å². The molecule has 38 heavy (non-hydrogen) atoms. The molecule has 5 aromatic rings. The van der Waals surface area contributed by atoms with Crippen LogP contribution in [0.5, 0.6) is 0 Å². The molecule has 0 saturated heterocycles. The van der Waals surface area contributed by atoms with Crippen molar-refractivity contribution >= 4 is 33.8 Å². The number of rotatable bonds is 6. The van der Waals surface area contributed by atoms with Gasteiger partial charge in [-0.15, -0.1) is 11.3 Å². The van der Waals surface area contributed by atoms with Crippen LogP contribution in [-0.4, -0.2) is 25.4 Å². The second-order valence-corrected chi connectivity index (χ2v) is 9.36. The van der Waals surface area contributed by atoms with Crippen LogP contribution in [0.1, 0.15) is 27.3 Å². The Balaban J connectivity index is 1.40. The molecule has 0 bridgehead atoms. The number of benzene rings is 2. The van der Waals surface area contributed by atoms with Gasteiger partial charge in [-0.05, 0) is 61.9 Å². The average molecular weight is 535 g/mol. The normalized spacial score (nSPS) is 11.4. The summed E-state index contributed by atoms with van der Waals surface area (Å²) in [5.41, 5.74) is 2.84. The Bertz CT molecular complexity index is 1610. The molecule has 0 spiro atoms. The van der Waals surface area contributed by atoms with Crippen LogP contribution in [0.2, 0.25) is 0 Å². The lowest BCUT2D eigenvalue weighted by Gasteiger charge is -2.15. The summed E-state index contributed by atoms with van der Waals surface area (Å²) in [6.07, 6.45) is 1.88. The van der Waals surface area contributed by atoms with Gasteiger partial charge in [-0.25, -0.2) is 9.97 Å². The minimum atomic E-state index is -4.59. The van der Waals surface area contributed by atoms with E-state index in [1.165, 1.54) is 28.2 Å². The maximum atomic E-state index is 13.6. The van der Waals surface area contributed by atoms with Crippen molar-refractivity contribution in [3.63, 3.8) is 0 Å². The molecule has 0 aliphatic rings. The predicted octanol–water partition coefficient (Wildman–Crippen LogP) is 7.02. The molecule has 0 atom stereocenters. The topological polar surface area (TPSA) is 84.7 Å². The first-order valence-corrected chi connectivity index (χ1v) is 12.3. The van der Waals surface area contributed by atoms with Crippen molar-refractivity contribution in [3.05, 3.63) is 101 Å². The number of aryl methyl sites for hydroxylation is 2. The van der Waals surface area contributed by atoms with Gasteiger partial charge in [0.25, 0.3) is 5.91 Å². The Hall–Kier alpha value is -4.51. The van der Waals surface area contributed by atoms with E-state index < -0.39 is 17.6 Å². The summed E-state index contributed by atoms with van der Waals surface area (Å²) in [5.74, 6) is -0.0272. The number of anilines is 3. The molecule has 3 heterocycles. The highest BCUT2D eigenvalue weighted by Crippen LogP contribution is 2.34. The zero-order valence-corrected chi connectivity index (χ0v) is 21.1. The number of amides is 1. The van der Waals surface area contributed by atoms with Crippen molar-refractivity contribution in [2.24, 2.45) is 0 Å². The highest BCUT2D eigenvalue weighted by Gasteiger charge is 2.31. The Morgan fingerprint density at radius 2 is 1.89 bits per heavy atom. The maximum Gasteiger partial charge on any atom is 0.416 e. The molecule has 5 rings (SSSR count). The van der Waals surface area contributed by atoms with Gasteiger partial charge in [0.15, 0.2) is 5.13 Å². The summed E-state index contributed by atoms with van der Waals surface area (Å²) in [4.78, 5) is 25.9. The zero-order chi connectivity index (χ0) is 26.9. The molecule has 11 heteroatoms. The number of hydrogen-bond donors (Lipinski definition) is 2. The molecule has 0 unspecified atom stereocenters. The van der Waals surface area contributed by atoms with E-state index in [4.69, 9.17) is 0 Å². The Labute approximate surface area is 220 Å². The molecule has 2 N–H and O–H groups in total. The molecule has 0 saturated carbocycles. The monoisotopic (exact) mass is 534 g/mol. The summed E-state index contributed by atoms with van der Waals surface area (Å²) in [7, 11) is 0. The Morgan fingerprint density at radius 1 is 1.05 bits per heavy atom. The van der Waals surface area contributed by atoms with E-state index in [-0.39, 0.29) is 16.9 Å². The second-order valence-electron chi connectivity index (χ2n) is 8.50. The van der Waals surface area contributed by atoms with E-state index in [0.29, 0.717) is 16.6 Å². The lowest BCUT2D eigenvalue weighted by molar-refractivity contribution is -0.137. The minimum absolute atomic E-state index is 0.0176. The molecule has 0 fully saturated rings. The number of hydrogen-bond acceptors (Lipinski definition) is 6. The quantitative estimate of drug-likeness (QED) is 0.245. The molecular formula is C27H21F3N6OS. The van der Waals surface area contributed by atoms with Gasteiger partial charge < -0.3 is 15.2 Å². The van der Waals surface area contributed by atoms with E-state index in [9.17, 15) is 18.0 Å². The first-order chi connectivity index (χ1) is 18.2. The molecule has 3 aromatic heterocycles. The minimum Gasteiger partial charge on any atom is -0.331 e. The fourth-order valence-electron chi connectivity index (χ4n) is 3.83. The number of alkyl halides is 3. The molecule has 1 amide bonds. The maximum absolute atomic E-state index is 13.6. The van der Waals surface area contributed by atoms with Gasteiger partial charge >= 0.3 is 6.18 Å². The highest BCUT2D eigenvalue weighted by atomic mass is 32.1. The first kappa shape index (κ1) is 25.2. The molecule has 0 radical (unpaired) electrons. The fraction of sp³-hybridized carbons (Fsp3) is 0.111. The van der Waals surface area contributed by atoms with Gasteiger partial charge in [0.05, 0.1) is 11.3 Å². The molecule has 192 valence electrons. The van der Waals surface area contributed by atoms with Crippen molar-refractivity contribution in [1.29, 1.82) is 0 Å². The lowest BCUT2D eigenvalue weighted by Crippen LogP contribution is -2.14. The third kappa shape index (κ3) is 5.42. The van der Waals surface area contributed by atoms with Crippen molar-refractivity contribution in [1.82, 2.24) is 19.5 Å². The van der Waals surface area contributed by atoms with Crippen molar-refractivity contribution in [3.8, 4) is 16.9 Å². The largest absolute Gasteiger partial charge is 0.416 e.